The molecule has 2 amide bonds. The Balaban J connectivity index is 2.86. The Kier molecular flexibility index (Phi) is 7.92. The van der Waals surface area contributed by atoms with Gasteiger partial charge in [-0.05, 0) is 50.1 Å². The number of amides is 2. The summed E-state index contributed by atoms with van der Waals surface area (Å²) in [6.45, 7) is 12.3. The number of anilines is 1. The molecule has 23 heavy (non-hydrogen) atoms. The second-order valence-electron chi connectivity index (χ2n) is 6.47. The number of carbonyl (C=O) groups excluding carboxylic acids is 1. The maximum atomic E-state index is 12.5. The van der Waals surface area contributed by atoms with Crippen LogP contribution in [0.25, 0.3) is 0 Å². The van der Waals surface area contributed by atoms with Gasteiger partial charge < -0.3 is 15.3 Å². The second-order valence-corrected chi connectivity index (χ2v) is 8.04. The van der Waals surface area contributed by atoms with Crippen LogP contribution in [0, 0.1) is 6.92 Å². The highest BCUT2D eigenvalue weighted by atomic mass is 32.2. The Morgan fingerprint density at radius 1 is 1.26 bits per heavy atom. The van der Waals surface area contributed by atoms with Crippen LogP contribution in [0.4, 0.5) is 10.5 Å². The molecule has 0 spiro atoms. The number of rotatable bonds is 7. The molecule has 0 radical (unpaired) electrons. The van der Waals surface area contributed by atoms with Crippen molar-refractivity contribution in [2.24, 2.45) is 0 Å². The number of aliphatic hydroxyl groups excluding tert-OH is 1. The Labute approximate surface area is 144 Å². The monoisotopic (exact) mass is 338 g/mol. The van der Waals surface area contributed by atoms with Gasteiger partial charge in [-0.1, -0.05) is 26.0 Å². The molecule has 0 fully saturated rings. The van der Waals surface area contributed by atoms with E-state index in [0.29, 0.717) is 11.8 Å². The van der Waals surface area contributed by atoms with Crippen molar-refractivity contribution in [3.05, 3.63) is 29.3 Å². The smallest absolute Gasteiger partial charge is 0.322 e. The molecule has 4 nitrogen and oxygen atoms in total. The van der Waals surface area contributed by atoms with Crippen LogP contribution in [-0.4, -0.2) is 40.0 Å². The molecule has 2 N–H and O–H groups in total. The number of carbonyl (C=O) groups is 1. The number of urea groups is 1. The summed E-state index contributed by atoms with van der Waals surface area (Å²) < 4.78 is 0. The van der Waals surface area contributed by atoms with Crippen LogP contribution in [0.1, 0.15) is 45.7 Å². The van der Waals surface area contributed by atoms with Crippen molar-refractivity contribution >= 4 is 23.5 Å². The van der Waals surface area contributed by atoms with Crippen molar-refractivity contribution in [2.75, 3.05) is 11.9 Å². The van der Waals surface area contributed by atoms with Crippen molar-refractivity contribution in [3.8, 4) is 0 Å². The van der Waals surface area contributed by atoms with Crippen molar-refractivity contribution in [3.63, 3.8) is 0 Å². The summed E-state index contributed by atoms with van der Waals surface area (Å²) in [6, 6.07) is 5.88. The number of nitrogens with zero attached hydrogens (tertiary/aromatic N) is 1. The van der Waals surface area contributed by atoms with E-state index in [2.05, 4.69) is 25.2 Å². The summed E-state index contributed by atoms with van der Waals surface area (Å²) in [5.74, 6) is 0.939. The first-order chi connectivity index (χ1) is 10.7. The molecule has 0 aromatic heterocycles. The summed E-state index contributed by atoms with van der Waals surface area (Å²) in [6.07, 6.45) is -0.543. The standard InChI is InChI=1S/C18H30N2O2S/c1-12(2)20(10-14(5)21)18(22)19-17-9-7-8-16(15(17)6)11-23-13(3)4/h7-9,12-14,21H,10-11H2,1-6H3,(H,19,22). The number of aliphatic hydroxyl groups is 1. The molecule has 5 heteroatoms. The van der Waals surface area contributed by atoms with Crippen LogP contribution < -0.4 is 5.32 Å². The fourth-order valence-corrected chi connectivity index (χ4v) is 3.06. The van der Waals surface area contributed by atoms with Crippen LogP contribution in [0.2, 0.25) is 0 Å². The summed E-state index contributed by atoms with van der Waals surface area (Å²) in [7, 11) is 0. The summed E-state index contributed by atoms with van der Waals surface area (Å²) in [5.41, 5.74) is 3.19. The van der Waals surface area contributed by atoms with Gasteiger partial charge >= 0.3 is 6.03 Å². The van der Waals surface area contributed by atoms with Crippen LogP contribution in [0.5, 0.6) is 0 Å². The highest BCUT2D eigenvalue weighted by Crippen LogP contribution is 2.25. The summed E-state index contributed by atoms with van der Waals surface area (Å²) in [5, 5.41) is 13.2. The minimum Gasteiger partial charge on any atom is -0.392 e. The lowest BCUT2D eigenvalue weighted by Crippen LogP contribution is -2.43. The van der Waals surface area contributed by atoms with Crippen LogP contribution in [0.15, 0.2) is 18.2 Å². The molecule has 0 aliphatic heterocycles. The first-order valence-corrected chi connectivity index (χ1v) is 9.23. The first-order valence-electron chi connectivity index (χ1n) is 8.18. The quantitative estimate of drug-likeness (QED) is 0.781. The second kappa shape index (κ2) is 9.18. The van der Waals surface area contributed by atoms with E-state index in [1.807, 2.05) is 44.7 Å². The molecule has 0 aliphatic rings. The fourth-order valence-electron chi connectivity index (χ4n) is 2.23. The lowest BCUT2D eigenvalue weighted by molar-refractivity contribution is 0.125. The molecular weight excluding hydrogens is 308 g/mol. The lowest BCUT2D eigenvalue weighted by Gasteiger charge is -2.28. The van der Waals surface area contributed by atoms with E-state index in [1.165, 1.54) is 5.56 Å². The van der Waals surface area contributed by atoms with E-state index in [-0.39, 0.29) is 12.1 Å². The SMILES string of the molecule is Cc1c(CSC(C)C)cccc1NC(=O)N(CC(C)O)C(C)C. The predicted molar refractivity (Wildman–Crippen MR) is 100 cm³/mol. The highest BCUT2D eigenvalue weighted by molar-refractivity contribution is 7.99. The van der Waals surface area contributed by atoms with E-state index in [4.69, 9.17) is 0 Å². The van der Waals surface area contributed by atoms with Gasteiger partial charge in [0.15, 0.2) is 0 Å². The van der Waals surface area contributed by atoms with Gasteiger partial charge in [-0.15, -0.1) is 0 Å². The third-order valence-corrected chi connectivity index (χ3v) is 4.75. The van der Waals surface area contributed by atoms with Gasteiger partial charge in [0.25, 0.3) is 0 Å². The van der Waals surface area contributed by atoms with E-state index in [0.717, 1.165) is 17.0 Å². The molecular formula is C18H30N2O2S. The maximum absolute atomic E-state index is 12.5. The first kappa shape index (κ1) is 19.8. The van der Waals surface area contributed by atoms with Crippen molar-refractivity contribution in [2.45, 2.75) is 64.7 Å². The van der Waals surface area contributed by atoms with Gasteiger partial charge in [0.2, 0.25) is 0 Å². The number of nitrogens with one attached hydrogen (secondary N) is 1. The Morgan fingerprint density at radius 3 is 2.43 bits per heavy atom. The Bertz CT molecular complexity index is 516. The molecule has 0 aliphatic carbocycles. The number of thioether (sulfide) groups is 1. The fraction of sp³-hybridized carbons (Fsp3) is 0.611. The zero-order valence-electron chi connectivity index (χ0n) is 15.1. The molecule has 130 valence electrons. The molecule has 1 aromatic carbocycles. The summed E-state index contributed by atoms with van der Waals surface area (Å²) in [4.78, 5) is 14.2. The Morgan fingerprint density at radius 2 is 1.91 bits per heavy atom. The van der Waals surface area contributed by atoms with Crippen molar-refractivity contribution in [1.82, 2.24) is 4.90 Å². The van der Waals surface area contributed by atoms with E-state index < -0.39 is 6.10 Å². The average Bonchev–Trinajstić information content (AvgIpc) is 2.44. The van der Waals surface area contributed by atoms with Gasteiger partial charge in [0.1, 0.15) is 0 Å². The summed E-state index contributed by atoms with van der Waals surface area (Å²) >= 11 is 1.89. The third kappa shape index (κ3) is 6.43. The minimum absolute atomic E-state index is 0.0320. The average molecular weight is 339 g/mol. The van der Waals surface area contributed by atoms with Gasteiger partial charge in [-0.25, -0.2) is 4.79 Å². The number of hydrogen-bond donors (Lipinski definition) is 2. The van der Waals surface area contributed by atoms with Crippen LogP contribution in [0.3, 0.4) is 0 Å². The van der Waals surface area contributed by atoms with Gasteiger partial charge in [0, 0.05) is 24.0 Å². The third-order valence-electron chi connectivity index (χ3n) is 3.60. The number of benzene rings is 1. The highest BCUT2D eigenvalue weighted by Gasteiger charge is 2.19. The normalized spacial score (nSPS) is 12.6. The van der Waals surface area contributed by atoms with Gasteiger partial charge in [-0.2, -0.15) is 11.8 Å². The van der Waals surface area contributed by atoms with Gasteiger partial charge in [-0.3, -0.25) is 0 Å². The van der Waals surface area contributed by atoms with E-state index >= 15 is 0 Å². The molecule has 0 saturated heterocycles. The molecule has 1 unspecified atom stereocenters. The molecule has 1 atom stereocenters. The number of hydrogen-bond acceptors (Lipinski definition) is 3. The van der Waals surface area contributed by atoms with Crippen molar-refractivity contribution < 1.29 is 9.90 Å². The molecule has 0 saturated carbocycles. The molecule has 1 rings (SSSR count). The predicted octanol–water partition coefficient (Wildman–Crippen LogP) is 4.26. The molecule has 0 bridgehead atoms. The van der Waals surface area contributed by atoms with E-state index in [9.17, 15) is 9.90 Å². The lowest BCUT2D eigenvalue weighted by atomic mass is 10.1. The topological polar surface area (TPSA) is 52.6 Å². The van der Waals surface area contributed by atoms with Crippen molar-refractivity contribution in [1.29, 1.82) is 0 Å². The van der Waals surface area contributed by atoms with Crippen LogP contribution in [-0.2, 0) is 5.75 Å². The maximum Gasteiger partial charge on any atom is 0.322 e. The minimum atomic E-state index is -0.543. The zero-order valence-corrected chi connectivity index (χ0v) is 15.9. The Hall–Kier alpha value is -1.20. The van der Waals surface area contributed by atoms with E-state index in [1.54, 1.807) is 11.8 Å². The largest absolute Gasteiger partial charge is 0.392 e. The zero-order chi connectivity index (χ0) is 17.6. The van der Waals surface area contributed by atoms with Crippen LogP contribution >= 0.6 is 11.8 Å². The van der Waals surface area contributed by atoms with Gasteiger partial charge in [0.05, 0.1) is 6.10 Å². The molecule has 0 heterocycles. The molecule has 1 aromatic rings.